The minimum absolute atomic E-state index is 0.210. The lowest BCUT2D eigenvalue weighted by Gasteiger charge is -2.09. The molecule has 1 aromatic carbocycles. The molecule has 7 heteroatoms. The largest absolute Gasteiger partial charge is 0.325 e. The number of hydrogen-bond acceptors (Lipinski definition) is 3. The van der Waals surface area contributed by atoms with E-state index in [1.807, 2.05) is 0 Å². The number of aromatic nitrogens is 2. The van der Waals surface area contributed by atoms with Crippen molar-refractivity contribution in [3.05, 3.63) is 40.2 Å². The van der Waals surface area contributed by atoms with Crippen LogP contribution in [0.4, 0.5) is 11.4 Å². The van der Waals surface area contributed by atoms with Crippen LogP contribution in [-0.2, 0) is 4.79 Å². The number of carbonyl (C=O) groups is 2. The number of halogens is 1. The van der Waals surface area contributed by atoms with Gasteiger partial charge in [0.15, 0.2) is 0 Å². The van der Waals surface area contributed by atoms with Crippen LogP contribution in [0, 0.1) is 13.8 Å². The summed E-state index contributed by atoms with van der Waals surface area (Å²) in [5.41, 5.74) is 2.88. The van der Waals surface area contributed by atoms with Crippen molar-refractivity contribution in [1.82, 2.24) is 10.2 Å². The molecule has 2 amide bonds. The number of nitrogens with zero attached hydrogens (tertiary/aromatic N) is 1. The van der Waals surface area contributed by atoms with E-state index in [9.17, 15) is 9.59 Å². The molecule has 0 spiro atoms. The van der Waals surface area contributed by atoms with Crippen molar-refractivity contribution in [2.45, 2.75) is 20.8 Å². The maximum Gasteiger partial charge on any atom is 0.259 e. The second-order valence-electron chi connectivity index (χ2n) is 4.64. The van der Waals surface area contributed by atoms with Crippen molar-refractivity contribution in [2.75, 3.05) is 10.6 Å². The molecule has 0 radical (unpaired) electrons. The van der Waals surface area contributed by atoms with Gasteiger partial charge in [-0.1, -0.05) is 11.6 Å². The average molecular weight is 307 g/mol. The summed E-state index contributed by atoms with van der Waals surface area (Å²) in [4.78, 5) is 23.2. The molecule has 0 bridgehead atoms. The third-order valence-corrected chi connectivity index (χ3v) is 3.21. The summed E-state index contributed by atoms with van der Waals surface area (Å²) in [6.45, 7) is 4.93. The Morgan fingerprint density at radius 3 is 2.48 bits per heavy atom. The van der Waals surface area contributed by atoms with Crippen LogP contribution in [0.1, 0.15) is 28.7 Å². The molecule has 0 atom stereocenters. The van der Waals surface area contributed by atoms with Gasteiger partial charge in [0.25, 0.3) is 5.91 Å². The number of aryl methyl sites for hydroxylation is 2. The molecule has 0 aliphatic rings. The predicted octanol–water partition coefficient (Wildman–Crippen LogP) is 2.89. The van der Waals surface area contributed by atoms with Gasteiger partial charge in [-0.25, -0.2) is 0 Å². The Hall–Kier alpha value is -2.34. The van der Waals surface area contributed by atoms with Crippen LogP contribution in [0.25, 0.3) is 0 Å². The van der Waals surface area contributed by atoms with E-state index >= 15 is 0 Å². The van der Waals surface area contributed by atoms with Crippen LogP contribution in [0.3, 0.4) is 0 Å². The van der Waals surface area contributed by atoms with Crippen LogP contribution in [0.2, 0.25) is 5.02 Å². The van der Waals surface area contributed by atoms with E-state index in [0.717, 1.165) is 0 Å². The van der Waals surface area contributed by atoms with Gasteiger partial charge in [0.2, 0.25) is 5.91 Å². The minimum atomic E-state index is -0.262. The zero-order chi connectivity index (χ0) is 15.6. The number of aromatic amines is 1. The number of carbonyl (C=O) groups excluding carboxylic acids is 2. The first-order chi connectivity index (χ1) is 9.88. The molecule has 110 valence electrons. The third kappa shape index (κ3) is 3.41. The summed E-state index contributed by atoms with van der Waals surface area (Å²) in [7, 11) is 0. The van der Waals surface area contributed by atoms with Crippen LogP contribution in [-0.4, -0.2) is 22.0 Å². The number of anilines is 2. The normalized spacial score (nSPS) is 10.3. The van der Waals surface area contributed by atoms with Crippen LogP contribution in [0.15, 0.2) is 18.2 Å². The number of H-pyrrole nitrogens is 1. The molecule has 0 fully saturated rings. The lowest BCUT2D eigenvalue weighted by Crippen LogP contribution is -2.14. The summed E-state index contributed by atoms with van der Waals surface area (Å²) < 4.78 is 0. The summed E-state index contributed by atoms with van der Waals surface area (Å²) in [5, 5.41) is 12.4. The van der Waals surface area contributed by atoms with E-state index in [2.05, 4.69) is 20.8 Å². The van der Waals surface area contributed by atoms with Crippen molar-refractivity contribution >= 4 is 34.8 Å². The molecule has 0 aliphatic heterocycles. The Balaban J connectivity index is 2.19. The Bertz CT molecular complexity index is 689. The van der Waals surface area contributed by atoms with Crippen molar-refractivity contribution in [2.24, 2.45) is 0 Å². The maximum atomic E-state index is 12.2. The number of nitrogens with one attached hydrogen (secondary N) is 3. The molecule has 0 saturated carbocycles. The van der Waals surface area contributed by atoms with Gasteiger partial charge in [0.05, 0.1) is 22.0 Å². The van der Waals surface area contributed by atoms with Gasteiger partial charge in [-0.05, 0) is 32.0 Å². The molecule has 1 aromatic heterocycles. The fourth-order valence-corrected chi connectivity index (χ4v) is 2.19. The summed E-state index contributed by atoms with van der Waals surface area (Å²) >= 11 is 6.06. The molecule has 0 saturated heterocycles. The van der Waals surface area contributed by atoms with Crippen molar-refractivity contribution in [3.63, 3.8) is 0 Å². The first kappa shape index (κ1) is 15.1. The molecule has 6 nitrogen and oxygen atoms in total. The maximum absolute atomic E-state index is 12.2. The molecule has 0 unspecified atom stereocenters. The molecular formula is C14H15ClN4O2. The molecule has 2 aromatic rings. The monoisotopic (exact) mass is 306 g/mol. The quantitative estimate of drug-likeness (QED) is 0.815. The van der Waals surface area contributed by atoms with Crippen LogP contribution < -0.4 is 10.6 Å². The second-order valence-corrected chi connectivity index (χ2v) is 5.05. The van der Waals surface area contributed by atoms with E-state index in [-0.39, 0.29) is 11.8 Å². The number of rotatable bonds is 3. The first-order valence-corrected chi connectivity index (χ1v) is 6.66. The van der Waals surface area contributed by atoms with E-state index < -0.39 is 0 Å². The molecule has 1 heterocycles. The Morgan fingerprint density at radius 1 is 1.24 bits per heavy atom. The molecule has 0 aliphatic carbocycles. The Kier molecular flexibility index (Phi) is 4.28. The van der Waals surface area contributed by atoms with Gasteiger partial charge < -0.3 is 10.6 Å². The minimum Gasteiger partial charge on any atom is -0.325 e. The molecule has 2 rings (SSSR count). The number of benzene rings is 1. The average Bonchev–Trinajstić information content (AvgIpc) is 2.72. The number of hydrogen-bond donors (Lipinski definition) is 3. The van der Waals surface area contributed by atoms with E-state index in [1.165, 1.54) is 6.92 Å². The molecular weight excluding hydrogens is 292 g/mol. The summed E-state index contributed by atoms with van der Waals surface area (Å²) in [6, 6.07) is 4.88. The molecule has 21 heavy (non-hydrogen) atoms. The number of amides is 2. The fourth-order valence-electron chi connectivity index (χ4n) is 1.96. The standard InChI is InChI=1S/C14H15ClN4O2/c1-7-13(8(2)19-18-7)14(21)17-10-4-5-12(11(15)6-10)16-9(3)20/h4-6H,1-3H3,(H,16,20)(H,17,21)(H,18,19). The van der Waals surface area contributed by atoms with E-state index in [1.54, 1.807) is 32.0 Å². The van der Waals surface area contributed by atoms with Gasteiger partial charge in [-0.3, -0.25) is 14.7 Å². The SMILES string of the molecule is CC(=O)Nc1ccc(NC(=O)c2c(C)n[nH]c2C)cc1Cl. The van der Waals surface area contributed by atoms with E-state index in [4.69, 9.17) is 11.6 Å². The highest BCUT2D eigenvalue weighted by atomic mass is 35.5. The third-order valence-electron chi connectivity index (χ3n) is 2.89. The summed E-state index contributed by atoms with van der Waals surface area (Å²) in [5.74, 6) is -0.472. The predicted molar refractivity (Wildman–Crippen MR) is 81.8 cm³/mol. The van der Waals surface area contributed by atoms with Gasteiger partial charge in [0, 0.05) is 18.3 Å². The van der Waals surface area contributed by atoms with Gasteiger partial charge in [0.1, 0.15) is 0 Å². The van der Waals surface area contributed by atoms with Crippen molar-refractivity contribution in [3.8, 4) is 0 Å². The lowest BCUT2D eigenvalue weighted by atomic mass is 10.2. The second kappa shape index (κ2) is 5.97. The highest BCUT2D eigenvalue weighted by Crippen LogP contribution is 2.26. The van der Waals surface area contributed by atoms with Gasteiger partial charge in [-0.2, -0.15) is 5.10 Å². The van der Waals surface area contributed by atoms with Gasteiger partial charge in [-0.15, -0.1) is 0 Å². The zero-order valence-electron chi connectivity index (χ0n) is 11.9. The van der Waals surface area contributed by atoms with E-state index in [0.29, 0.717) is 33.3 Å². The van der Waals surface area contributed by atoms with Crippen LogP contribution >= 0.6 is 11.6 Å². The van der Waals surface area contributed by atoms with Crippen LogP contribution in [0.5, 0.6) is 0 Å². The zero-order valence-corrected chi connectivity index (χ0v) is 12.6. The topological polar surface area (TPSA) is 86.9 Å². The van der Waals surface area contributed by atoms with Crippen molar-refractivity contribution in [1.29, 1.82) is 0 Å². The smallest absolute Gasteiger partial charge is 0.259 e. The highest BCUT2D eigenvalue weighted by Gasteiger charge is 2.15. The molecule has 3 N–H and O–H groups in total. The highest BCUT2D eigenvalue weighted by molar-refractivity contribution is 6.34. The Morgan fingerprint density at radius 2 is 1.95 bits per heavy atom. The Labute approximate surface area is 126 Å². The fraction of sp³-hybridized carbons (Fsp3) is 0.214. The lowest BCUT2D eigenvalue weighted by molar-refractivity contribution is -0.114. The van der Waals surface area contributed by atoms with Crippen molar-refractivity contribution < 1.29 is 9.59 Å². The summed E-state index contributed by atoms with van der Waals surface area (Å²) in [6.07, 6.45) is 0. The first-order valence-electron chi connectivity index (χ1n) is 6.28. The van der Waals surface area contributed by atoms with Gasteiger partial charge >= 0.3 is 0 Å².